The maximum Gasteiger partial charge on any atom is 0.287 e. The van der Waals surface area contributed by atoms with Gasteiger partial charge in [-0.3, -0.25) is 9.59 Å². The molecule has 0 spiro atoms. The molecule has 0 saturated carbocycles. The monoisotopic (exact) mass is 553 g/mol. The summed E-state index contributed by atoms with van der Waals surface area (Å²) in [7, 11) is 0. The van der Waals surface area contributed by atoms with Gasteiger partial charge in [-0.2, -0.15) is 5.10 Å². The minimum atomic E-state index is -0.535. The lowest BCUT2D eigenvalue weighted by atomic mass is 10.1. The Bertz CT molecular complexity index is 1140. The van der Waals surface area contributed by atoms with Crippen molar-refractivity contribution < 1.29 is 14.3 Å². The number of amides is 2. The smallest absolute Gasteiger partial charge is 0.287 e. The molecular weight excluding hydrogens is 529 g/mol. The number of ether oxygens (including phenoxy) is 1. The highest BCUT2D eigenvalue weighted by molar-refractivity contribution is 14.1. The van der Waals surface area contributed by atoms with Crippen LogP contribution in [0.4, 0.5) is 0 Å². The number of nitrogens with one attached hydrogen (secondary N) is 2. The molecule has 0 aliphatic carbocycles. The van der Waals surface area contributed by atoms with Crippen molar-refractivity contribution in [3.63, 3.8) is 0 Å². The van der Waals surface area contributed by atoms with Crippen LogP contribution in [0, 0.1) is 3.57 Å². The molecule has 3 aromatic rings. The summed E-state index contributed by atoms with van der Waals surface area (Å²) in [6.07, 6.45) is 4.07. The largest absolute Gasteiger partial charge is 0.494 e. The molecule has 2 amide bonds. The van der Waals surface area contributed by atoms with E-state index in [1.54, 1.807) is 36.6 Å². The van der Waals surface area contributed by atoms with Crippen molar-refractivity contribution in [1.82, 2.24) is 10.7 Å². The molecule has 168 valence electrons. The number of hydrogen-bond donors (Lipinski definition) is 2. The topological polar surface area (TPSA) is 79.8 Å². The molecule has 0 fully saturated rings. The van der Waals surface area contributed by atoms with Crippen LogP contribution in [-0.4, -0.2) is 24.6 Å². The SMILES string of the molecule is CCCOc1ccc(/C=C(\NC(=O)c2ccccc2)C(=O)N/N=C\c2cccc(I)c2)cc1. The standard InChI is InChI=1S/C26H24IN3O3/c1-2-15-33-23-13-11-19(12-14-23)17-24(29-25(31)21-8-4-3-5-9-21)26(32)30-28-18-20-7-6-10-22(27)16-20/h3-14,16-18H,2,15H2,1H3,(H,29,31)(H,30,32)/b24-17-,28-18-. The van der Waals surface area contributed by atoms with Gasteiger partial charge in [-0.1, -0.05) is 49.4 Å². The molecular formula is C26H24IN3O3. The molecule has 0 heterocycles. The lowest BCUT2D eigenvalue weighted by Crippen LogP contribution is -2.32. The molecule has 0 radical (unpaired) electrons. The maximum absolute atomic E-state index is 12.8. The van der Waals surface area contributed by atoms with Gasteiger partial charge in [0.05, 0.1) is 12.8 Å². The van der Waals surface area contributed by atoms with Gasteiger partial charge in [-0.05, 0) is 82.6 Å². The zero-order chi connectivity index (χ0) is 23.5. The average molecular weight is 553 g/mol. The Hall–Kier alpha value is -3.46. The predicted octanol–water partition coefficient (Wildman–Crippen LogP) is 5.00. The van der Waals surface area contributed by atoms with Crippen LogP contribution in [0.3, 0.4) is 0 Å². The summed E-state index contributed by atoms with van der Waals surface area (Å²) in [4.78, 5) is 25.5. The van der Waals surface area contributed by atoms with Crippen molar-refractivity contribution in [2.24, 2.45) is 5.10 Å². The number of nitrogens with zero attached hydrogens (tertiary/aromatic N) is 1. The highest BCUT2D eigenvalue weighted by atomic mass is 127. The fraction of sp³-hybridized carbons (Fsp3) is 0.115. The lowest BCUT2D eigenvalue weighted by Gasteiger charge is -2.10. The normalized spacial score (nSPS) is 11.3. The number of benzene rings is 3. The van der Waals surface area contributed by atoms with Gasteiger partial charge in [0, 0.05) is 9.13 Å². The third-order valence-corrected chi connectivity index (χ3v) is 5.09. The minimum Gasteiger partial charge on any atom is -0.494 e. The van der Waals surface area contributed by atoms with E-state index in [9.17, 15) is 9.59 Å². The summed E-state index contributed by atoms with van der Waals surface area (Å²) in [6, 6.07) is 23.7. The van der Waals surface area contributed by atoms with E-state index in [-0.39, 0.29) is 11.6 Å². The lowest BCUT2D eigenvalue weighted by molar-refractivity contribution is -0.117. The number of halogens is 1. The van der Waals surface area contributed by atoms with Crippen molar-refractivity contribution in [3.8, 4) is 5.75 Å². The van der Waals surface area contributed by atoms with Crippen LogP contribution in [-0.2, 0) is 4.79 Å². The van der Waals surface area contributed by atoms with Crippen molar-refractivity contribution in [2.45, 2.75) is 13.3 Å². The number of hydrazone groups is 1. The maximum atomic E-state index is 12.8. The second-order valence-electron chi connectivity index (χ2n) is 7.05. The van der Waals surface area contributed by atoms with Gasteiger partial charge in [-0.25, -0.2) is 5.43 Å². The van der Waals surface area contributed by atoms with Gasteiger partial charge < -0.3 is 10.1 Å². The third-order valence-electron chi connectivity index (χ3n) is 4.42. The zero-order valence-electron chi connectivity index (χ0n) is 18.1. The van der Waals surface area contributed by atoms with Gasteiger partial charge in [0.25, 0.3) is 11.8 Å². The molecule has 0 saturated heterocycles. The Balaban J connectivity index is 1.78. The Morgan fingerprint density at radius 3 is 2.42 bits per heavy atom. The van der Waals surface area contributed by atoms with Crippen LogP contribution in [0.5, 0.6) is 5.75 Å². The van der Waals surface area contributed by atoms with E-state index in [2.05, 4.69) is 38.4 Å². The van der Waals surface area contributed by atoms with Gasteiger partial charge >= 0.3 is 0 Å². The van der Waals surface area contributed by atoms with E-state index in [0.29, 0.717) is 12.2 Å². The van der Waals surface area contributed by atoms with Crippen LogP contribution in [0.1, 0.15) is 34.8 Å². The van der Waals surface area contributed by atoms with Crippen LogP contribution < -0.4 is 15.5 Å². The van der Waals surface area contributed by atoms with Gasteiger partial charge in [0.1, 0.15) is 11.4 Å². The quantitative estimate of drug-likeness (QED) is 0.170. The number of carbonyl (C=O) groups is 2. The van der Waals surface area contributed by atoms with Gasteiger partial charge in [0.15, 0.2) is 0 Å². The molecule has 3 rings (SSSR count). The summed E-state index contributed by atoms with van der Waals surface area (Å²) >= 11 is 2.21. The van der Waals surface area contributed by atoms with Crippen molar-refractivity contribution in [2.75, 3.05) is 6.61 Å². The van der Waals surface area contributed by atoms with Crippen LogP contribution in [0.2, 0.25) is 0 Å². The Labute approximate surface area is 206 Å². The van der Waals surface area contributed by atoms with Crippen LogP contribution in [0.25, 0.3) is 6.08 Å². The summed E-state index contributed by atoms with van der Waals surface area (Å²) < 4.78 is 6.66. The van der Waals surface area contributed by atoms with E-state index in [0.717, 1.165) is 26.9 Å². The van der Waals surface area contributed by atoms with E-state index in [4.69, 9.17) is 4.74 Å². The molecule has 2 N–H and O–H groups in total. The second-order valence-corrected chi connectivity index (χ2v) is 8.30. The third kappa shape index (κ3) is 7.87. The molecule has 6 nitrogen and oxygen atoms in total. The second kappa shape index (κ2) is 12.5. The molecule has 0 atom stereocenters. The molecule has 3 aromatic carbocycles. The van der Waals surface area contributed by atoms with Crippen LogP contribution >= 0.6 is 22.6 Å². The molecule has 7 heteroatoms. The molecule has 0 aliphatic heterocycles. The first-order valence-electron chi connectivity index (χ1n) is 10.4. The average Bonchev–Trinajstić information content (AvgIpc) is 2.83. The Kier molecular flexibility index (Phi) is 9.19. The van der Waals surface area contributed by atoms with Gasteiger partial charge in [0.2, 0.25) is 0 Å². The first-order valence-corrected chi connectivity index (χ1v) is 11.5. The summed E-state index contributed by atoms with van der Waals surface area (Å²) in [5.41, 5.74) is 4.59. The van der Waals surface area contributed by atoms with Crippen molar-refractivity contribution in [1.29, 1.82) is 0 Å². The predicted molar refractivity (Wildman–Crippen MR) is 139 cm³/mol. The number of hydrogen-bond acceptors (Lipinski definition) is 4. The van der Waals surface area contributed by atoms with E-state index in [1.165, 1.54) is 0 Å². The first kappa shape index (κ1) is 24.2. The highest BCUT2D eigenvalue weighted by Gasteiger charge is 2.14. The summed E-state index contributed by atoms with van der Waals surface area (Å²) in [6.45, 7) is 2.67. The van der Waals surface area contributed by atoms with Crippen molar-refractivity contribution in [3.05, 3.63) is 105 Å². The van der Waals surface area contributed by atoms with E-state index >= 15 is 0 Å². The fourth-order valence-electron chi connectivity index (χ4n) is 2.80. The first-order chi connectivity index (χ1) is 16.0. The number of carbonyl (C=O) groups excluding carboxylic acids is 2. The molecule has 0 bridgehead atoms. The van der Waals surface area contributed by atoms with E-state index < -0.39 is 5.91 Å². The zero-order valence-corrected chi connectivity index (χ0v) is 20.3. The number of rotatable bonds is 9. The van der Waals surface area contributed by atoms with Crippen molar-refractivity contribution >= 4 is 46.7 Å². The van der Waals surface area contributed by atoms with Gasteiger partial charge in [-0.15, -0.1) is 0 Å². The van der Waals surface area contributed by atoms with E-state index in [1.807, 2.05) is 61.5 Å². The molecule has 0 aliphatic rings. The fourth-order valence-corrected chi connectivity index (χ4v) is 3.37. The summed E-state index contributed by atoms with van der Waals surface area (Å²) in [5.74, 6) is -0.177. The Morgan fingerprint density at radius 2 is 1.73 bits per heavy atom. The summed E-state index contributed by atoms with van der Waals surface area (Å²) in [5, 5.41) is 6.73. The molecule has 0 unspecified atom stereocenters. The highest BCUT2D eigenvalue weighted by Crippen LogP contribution is 2.15. The Morgan fingerprint density at radius 1 is 0.970 bits per heavy atom. The molecule has 0 aromatic heterocycles. The minimum absolute atomic E-state index is 0.0749. The van der Waals surface area contributed by atoms with Crippen LogP contribution in [0.15, 0.2) is 89.7 Å². The molecule has 33 heavy (non-hydrogen) atoms.